The van der Waals surface area contributed by atoms with E-state index in [1.165, 1.54) is 11.0 Å². The van der Waals surface area contributed by atoms with E-state index in [2.05, 4.69) is 36.3 Å². The molecule has 9 nitrogen and oxygen atoms in total. The van der Waals surface area contributed by atoms with E-state index >= 15 is 0 Å². The minimum Gasteiger partial charge on any atom is -0.372 e. The van der Waals surface area contributed by atoms with Gasteiger partial charge < -0.3 is 14.5 Å². The van der Waals surface area contributed by atoms with E-state index in [1.807, 2.05) is 9.80 Å². The molecule has 0 saturated carbocycles. The third-order valence-corrected chi connectivity index (χ3v) is 5.40. The van der Waals surface area contributed by atoms with Gasteiger partial charge in [-0.05, 0) is 35.1 Å². The Hall–Kier alpha value is -2.03. The number of amides is 2. The average Bonchev–Trinajstić information content (AvgIpc) is 3.06. The summed E-state index contributed by atoms with van der Waals surface area (Å²) in [4.78, 5) is 28.7. The third-order valence-electron chi connectivity index (χ3n) is 5.40. The monoisotopic (exact) mass is 378 g/mol. The Labute approximate surface area is 160 Å². The lowest BCUT2D eigenvalue weighted by molar-refractivity contribution is -0.141. The zero-order valence-corrected chi connectivity index (χ0v) is 16.6. The smallest absolute Gasteiger partial charge is 0.244 e. The van der Waals surface area contributed by atoms with Gasteiger partial charge in [-0.2, -0.15) is 0 Å². The van der Waals surface area contributed by atoms with Crippen LogP contribution in [-0.2, 0) is 20.9 Å². The highest BCUT2D eigenvalue weighted by molar-refractivity contribution is 5.77. The van der Waals surface area contributed by atoms with Crippen molar-refractivity contribution in [2.75, 3.05) is 32.8 Å². The van der Waals surface area contributed by atoms with Crippen molar-refractivity contribution < 1.29 is 14.3 Å². The van der Waals surface area contributed by atoms with Crippen molar-refractivity contribution in [3.05, 3.63) is 6.33 Å². The number of rotatable bonds is 4. The minimum absolute atomic E-state index is 0.00596. The highest BCUT2D eigenvalue weighted by Crippen LogP contribution is 2.31. The molecule has 150 valence electrons. The minimum atomic E-state index is -0.338. The number of aromatic nitrogens is 4. The number of carbonyl (C=O) groups is 2. The molecule has 2 aliphatic rings. The first-order valence-electron chi connectivity index (χ1n) is 9.67. The van der Waals surface area contributed by atoms with E-state index in [0.29, 0.717) is 32.7 Å². The summed E-state index contributed by atoms with van der Waals surface area (Å²) in [5, 5.41) is 10.9. The standard InChI is InChI=1S/C18H30N6O3/c1-17(2,3)5-8-23-13-18(27-11-4-15(23)25)6-9-22(10-7-18)16(26)12-24-14-19-20-21-24/h14H,4-13H2,1-3H3. The van der Waals surface area contributed by atoms with Gasteiger partial charge in [0.1, 0.15) is 12.9 Å². The second kappa shape index (κ2) is 7.92. The molecular formula is C18H30N6O3. The number of carbonyl (C=O) groups excluding carboxylic acids is 2. The van der Waals surface area contributed by atoms with Crippen LogP contribution in [0.2, 0.25) is 0 Å². The molecule has 0 N–H and O–H groups in total. The van der Waals surface area contributed by atoms with Gasteiger partial charge in [0.25, 0.3) is 0 Å². The summed E-state index contributed by atoms with van der Waals surface area (Å²) in [6, 6.07) is 0. The van der Waals surface area contributed by atoms with Crippen molar-refractivity contribution in [3.63, 3.8) is 0 Å². The lowest BCUT2D eigenvalue weighted by Gasteiger charge is -2.42. The molecule has 1 spiro atoms. The van der Waals surface area contributed by atoms with Gasteiger partial charge in [-0.25, -0.2) is 4.68 Å². The van der Waals surface area contributed by atoms with Crippen molar-refractivity contribution in [2.45, 2.75) is 58.6 Å². The molecule has 0 unspecified atom stereocenters. The Bertz CT molecular complexity index is 647. The fourth-order valence-corrected chi connectivity index (χ4v) is 3.63. The highest BCUT2D eigenvalue weighted by Gasteiger charge is 2.41. The van der Waals surface area contributed by atoms with Gasteiger partial charge in [-0.3, -0.25) is 9.59 Å². The van der Waals surface area contributed by atoms with Gasteiger partial charge in [-0.1, -0.05) is 20.8 Å². The second-order valence-corrected chi connectivity index (χ2v) is 8.80. The van der Waals surface area contributed by atoms with Gasteiger partial charge in [-0.15, -0.1) is 5.10 Å². The molecule has 2 amide bonds. The van der Waals surface area contributed by atoms with Crippen LogP contribution in [-0.4, -0.2) is 80.2 Å². The first-order chi connectivity index (χ1) is 12.8. The molecule has 3 heterocycles. The molecule has 2 aliphatic heterocycles. The predicted molar refractivity (Wildman–Crippen MR) is 97.6 cm³/mol. The van der Waals surface area contributed by atoms with Crippen LogP contribution in [0.5, 0.6) is 0 Å². The Morgan fingerprint density at radius 2 is 2.04 bits per heavy atom. The van der Waals surface area contributed by atoms with Crippen molar-refractivity contribution in [2.24, 2.45) is 5.41 Å². The quantitative estimate of drug-likeness (QED) is 0.766. The zero-order chi connectivity index (χ0) is 19.5. The summed E-state index contributed by atoms with van der Waals surface area (Å²) < 4.78 is 7.59. The van der Waals surface area contributed by atoms with Gasteiger partial charge in [0.2, 0.25) is 11.8 Å². The summed E-state index contributed by atoms with van der Waals surface area (Å²) in [7, 11) is 0. The maximum absolute atomic E-state index is 12.5. The predicted octanol–water partition coefficient (Wildman–Crippen LogP) is 0.719. The number of tetrazole rings is 1. The number of piperidine rings is 1. The largest absolute Gasteiger partial charge is 0.372 e. The Kier molecular flexibility index (Phi) is 5.78. The second-order valence-electron chi connectivity index (χ2n) is 8.80. The fourth-order valence-electron chi connectivity index (χ4n) is 3.63. The van der Waals surface area contributed by atoms with E-state index in [-0.39, 0.29) is 29.4 Å². The summed E-state index contributed by atoms with van der Waals surface area (Å²) in [6.07, 6.45) is 4.33. The summed E-state index contributed by atoms with van der Waals surface area (Å²) in [5.74, 6) is 0.180. The van der Waals surface area contributed by atoms with Gasteiger partial charge in [0, 0.05) is 26.2 Å². The molecular weight excluding hydrogens is 348 g/mol. The zero-order valence-electron chi connectivity index (χ0n) is 16.6. The summed E-state index contributed by atoms with van der Waals surface area (Å²) >= 11 is 0. The molecule has 3 rings (SSSR count). The first-order valence-corrected chi connectivity index (χ1v) is 9.67. The number of likely N-dealkylation sites (tertiary alicyclic amines) is 1. The molecule has 0 aromatic carbocycles. The highest BCUT2D eigenvalue weighted by atomic mass is 16.5. The van der Waals surface area contributed by atoms with Crippen LogP contribution in [0, 0.1) is 5.41 Å². The lowest BCUT2D eigenvalue weighted by Crippen LogP contribution is -2.53. The number of ether oxygens (including phenoxy) is 1. The SMILES string of the molecule is CC(C)(C)CCN1CC2(CCN(C(=O)Cn3cnnn3)CC2)OCCC1=O. The van der Waals surface area contributed by atoms with Crippen molar-refractivity contribution in [3.8, 4) is 0 Å². The molecule has 2 fully saturated rings. The Balaban J connectivity index is 1.57. The molecule has 1 aromatic heterocycles. The first kappa shape index (κ1) is 19.7. The van der Waals surface area contributed by atoms with Crippen LogP contribution in [0.4, 0.5) is 0 Å². The molecule has 0 radical (unpaired) electrons. The molecule has 1 aromatic rings. The van der Waals surface area contributed by atoms with Crippen LogP contribution in [0.25, 0.3) is 0 Å². The average molecular weight is 378 g/mol. The van der Waals surface area contributed by atoms with Crippen molar-refractivity contribution in [1.82, 2.24) is 30.0 Å². The molecule has 0 atom stereocenters. The van der Waals surface area contributed by atoms with Crippen LogP contribution >= 0.6 is 0 Å². The van der Waals surface area contributed by atoms with E-state index < -0.39 is 0 Å². The molecule has 0 aliphatic carbocycles. The van der Waals surface area contributed by atoms with E-state index in [1.54, 1.807) is 0 Å². The van der Waals surface area contributed by atoms with Crippen LogP contribution < -0.4 is 0 Å². The number of hydrogen-bond donors (Lipinski definition) is 0. The van der Waals surface area contributed by atoms with E-state index in [0.717, 1.165) is 25.8 Å². The normalized spacial score (nSPS) is 20.8. The molecule has 27 heavy (non-hydrogen) atoms. The maximum Gasteiger partial charge on any atom is 0.244 e. The van der Waals surface area contributed by atoms with Crippen LogP contribution in [0.15, 0.2) is 6.33 Å². The molecule has 0 bridgehead atoms. The molecule has 9 heteroatoms. The summed E-state index contributed by atoms with van der Waals surface area (Å²) in [6.45, 7) is 9.82. The third kappa shape index (κ3) is 5.24. The fraction of sp³-hybridized carbons (Fsp3) is 0.833. The van der Waals surface area contributed by atoms with Crippen molar-refractivity contribution in [1.29, 1.82) is 0 Å². The number of hydrogen-bond acceptors (Lipinski definition) is 6. The number of nitrogens with zero attached hydrogens (tertiary/aromatic N) is 6. The summed E-state index contributed by atoms with van der Waals surface area (Å²) in [5.41, 5.74) is -0.151. The van der Waals surface area contributed by atoms with Gasteiger partial charge in [0.05, 0.1) is 18.6 Å². The van der Waals surface area contributed by atoms with E-state index in [9.17, 15) is 9.59 Å². The van der Waals surface area contributed by atoms with Crippen LogP contribution in [0.3, 0.4) is 0 Å². The van der Waals surface area contributed by atoms with Gasteiger partial charge >= 0.3 is 0 Å². The van der Waals surface area contributed by atoms with Crippen LogP contribution in [0.1, 0.15) is 46.5 Å². The Morgan fingerprint density at radius 3 is 2.67 bits per heavy atom. The van der Waals surface area contributed by atoms with E-state index in [4.69, 9.17) is 4.74 Å². The lowest BCUT2D eigenvalue weighted by atomic mass is 9.89. The van der Waals surface area contributed by atoms with Crippen molar-refractivity contribution >= 4 is 11.8 Å². The topological polar surface area (TPSA) is 93.5 Å². The molecule has 2 saturated heterocycles. The van der Waals surface area contributed by atoms with Gasteiger partial charge in [0.15, 0.2) is 0 Å². The maximum atomic E-state index is 12.5. The Morgan fingerprint density at radius 1 is 1.30 bits per heavy atom.